The molecule has 1 heterocycles. The predicted molar refractivity (Wildman–Crippen MR) is 115 cm³/mol. The van der Waals surface area contributed by atoms with E-state index < -0.39 is 9.84 Å². The van der Waals surface area contributed by atoms with Crippen molar-refractivity contribution in [3.05, 3.63) is 48.5 Å². The molecule has 0 amide bonds. The Labute approximate surface area is 172 Å². The standard InChI is InChI=1S/C21H27N3O4S/c1-3-16(15-29(25,26)18-8-5-4-6-9-18)23-21(22-2)24-17-10-11-19-20(14-17)28-13-7-12-27-19/h4-6,8-11,14,16H,3,7,12-13,15H2,1-2H3,(H2,22,23,24). The fourth-order valence-electron chi connectivity index (χ4n) is 2.98. The average Bonchev–Trinajstić information content (AvgIpc) is 2.98. The summed E-state index contributed by atoms with van der Waals surface area (Å²) in [5.74, 6) is 1.88. The van der Waals surface area contributed by atoms with E-state index >= 15 is 0 Å². The normalized spacial score (nSPS) is 15.3. The molecular formula is C21H27N3O4S. The van der Waals surface area contributed by atoms with Crippen molar-refractivity contribution in [1.82, 2.24) is 5.32 Å². The Morgan fingerprint density at radius 2 is 1.83 bits per heavy atom. The SMILES string of the molecule is CCC(CS(=O)(=O)c1ccccc1)NC(=NC)Nc1ccc2c(c1)OCCCO2. The molecule has 3 rings (SSSR count). The summed E-state index contributed by atoms with van der Waals surface area (Å²) in [6.45, 7) is 3.19. The van der Waals surface area contributed by atoms with Crippen LogP contribution in [-0.2, 0) is 9.84 Å². The molecule has 1 atom stereocenters. The minimum absolute atomic E-state index is 0.0185. The average molecular weight is 418 g/mol. The van der Waals surface area contributed by atoms with E-state index in [1.165, 1.54) is 0 Å². The van der Waals surface area contributed by atoms with E-state index in [1.54, 1.807) is 37.4 Å². The number of benzene rings is 2. The smallest absolute Gasteiger partial charge is 0.195 e. The Morgan fingerprint density at radius 3 is 2.52 bits per heavy atom. The van der Waals surface area contributed by atoms with Gasteiger partial charge in [-0.1, -0.05) is 25.1 Å². The largest absolute Gasteiger partial charge is 0.490 e. The number of aliphatic imine (C=N–C) groups is 1. The highest BCUT2D eigenvalue weighted by Crippen LogP contribution is 2.32. The van der Waals surface area contributed by atoms with Gasteiger partial charge in [-0.25, -0.2) is 8.42 Å². The van der Waals surface area contributed by atoms with Gasteiger partial charge in [0.1, 0.15) is 0 Å². The molecule has 0 spiro atoms. The molecule has 156 valence electrons. The Morgan fingerprint density at radius 1 is 1.10 bits per heavy atom. The fourth-order valence-corrected chi connectivity index (χ4v) is 4.59. The molecule has 1 aliphatic rings. The van der Waals surface area contributed by atoms with Crippen molar-refractivity contribution in [2.24, 2.45) is 4.99 Å². The van der Waals surface area contributed by atoms with Gasteiger partial charge in [0, 0.05) is 31.3 Å². The maximum atomic E-state index is 12.7. The quantitative estimate of drug-likeness (QED) is 0.555. The molecule has 2 aromatic rings. The van der Waals surface area contributed by atoms with E-state index in [-0.39, 0.29) is 11.8 Å². The second-order valence-electron chi connectivity index (χ2n) is 6.75. The van der Waals surface area contributed by atoms with Crippen LogP contribution in [-0.4, -0.2) is 46.4 Å². The highest BCUT2D eigenvalue weighted by atomic mass is 32.2. The van der Waals surface area contributed by atoms with Gasteiger partial charge in [0.2, 0.25) is 0 Å². The Bertz CT molecular complexity index is 946. The molecule has 2 N–H and O–H groups in total. The lowest BCUT2D eigenvalue weighted by Crippen LogP contribution is -2.42. The summed E-state index contributed by atoms with van der Waals surface area (Å²) < 4.78 is 36.7. The van der Waals surface area contributed by atoms with Gasteiger partial charge in [-0.15, -0.1) is 0 Å². The molecule has 0 saturated heterocycles. The first-order valence-corrected chi connectivity index (χ1v) is 11.3. The third-order valence-corrected chi connectivity index (χ3v) is 6.42. The van der Waals surface area contributed by atoms with Gasteiger partial charge >= 0.3 is 0 Å². The van der Waals surface area contributed by atoms with Crippen molar-refractivity contribution in [2.45, 2.75) is 30.7 Å². The first kappa shape index (κ1) is 21.0. The second kappa shape index (κ2) is 9.65. The summed E-state index contributed by atoms with van der Waals surface area (Å²) in [4.78, 5) is 4.56. The number of nitrogens with zero attached hydrogens (tertiary/aromatic N) is 1. The minimum atomic E-state index is -3.40. The highest BCUT2D eigenvalue weighted by molar-refractivity contribution is 7.91. The number of nitrogens with one attached hydrogen (secondary N) is 2. The maximum absolute atomic E-state index is 12.7. The summed E-state index contributed by atoms with van der Waals surface area (Å²) in [5, 5.41) is 6.41. The van der Waals surface area contributed by atoms with E-state index in [0.717, 1.165) is 17.9 Å². The maximum Gasteiger partial charge on any atom is 0.195 e. The second-order valence-corrected chi connectivity index (χ2v) is 8.79. The van der Waals surface area contributed by atoms with Gasteiger partial charge in [-0.05, 0) is 30.7 Å². The minimum Gasteiger partial charge on any atom is -0.490 e. The van der Waals surface area contributed by atoms with Crippen molar-refractivity contribution in [2.75, 3.05) is 31.3 Å². The van der Waals surface area contributed by atoms with Crippen LogP contribution in [0.2, 0.25) is 0 Å². The van der Waals surface area contributed by atoms with E-state index in [0.29, 0.717) is 36.2 Å². The van der Waals surface area contributed by atoms with Crippen molar-refractivity contribution < 1.29 is 17.9 Å². The molecule has 0 saturated carbocycles. The van der Waals surface area contributed by atoms with E-state index in [2.05, 4.69) is 15.6 Å². The van der Waals surface area contributed by atoms with Crippen LogP contribution in [0, 0.1) is 0 Å². The van der Waals surface area contributed by atoms with Gasteiger partial charge in [-0.2, -0.15) is 0 Å². The van der Waals surface area contributed by atoms with Gasteiger partial charge < -0.3 is 20.1 Å². The first-order chi connectivity index (χ1) is 14.0. The van der Waals surface area contributed by atoms with E-state index in [1.807, 2.05) is 25.1 Å². The zero-order chi connectivity index (χ0) is 20.7. The Kier molecular flexibility index (Phi) is 6.98. The third-order valence-electron chi connectivity index (χ3n) is 4.59. The number of ether oxygens (including phenoxy) is 2. The molecule has 0 bridgehead atoms. The molecule has 0 aromatic heterocycles. The number of anilines is 1. The lowest BCUT2D eigenvalue weighted by molar-refractivity contribution is 0.297. The zero-order valence-corrected chi connectivity index (χ0v) is 17.5. The van der Waals surface area contributed by atoms with Crippen molar-refractivity contribution >= 4 is 21.5 Å². The monoisotopic (exact) mass is 417 g/mol. The molecule has 0 fully saturated rings. The predicted octanol–water partition coefficient (Wildman–Crippen LogP) is 3.09. The Hall–Kier alpha value is -2.74. The van der Waals surface area contributed by atoms with Crippen LogP contribution in [0.5, 0.6) is 11.5 Å². The van der Waals surface area contributed by atoms with Crippen LogP contribution >= 0.6 is 0 Å². The fraction of sp³-hybridized carbons (Fsp3) is 0.381. The summed E-state index contributed by atoms with van der Waals surface area (Å²) in [6, 6.07) is 13.8. The van der Waals surface area contributed by atoms with Crippen LogP contribution in [0.15, 0.2) is 58.4 Å². The number of rotatable bonds is 6. The van der Waals surface area contributed by atoms with Crippen molar-refractivity contribution in [3.63, 3.8) is 0 Å². The summed E-state index contributed by atoms with van der Waals surface area (Å²) in [6.07, 6.45) is 1.47. The summed E-state index contributed by atoms with van der Waals surface area (Å²) in [5.41, 5.74) is 0.781. The lowest BCUT2D eigenvalue weighted by atomic mass is 10.2. The highest BCUT2D eigenvalue weighted by Gasteiger charge is 2.21. The molecule has 1 aliphatic heterocycles. The van der Waals surface area contributed by atoms with Crippen molar-refractivity contribution in [3.8, 4) is 11.5 Å². The molecule has 0 radical (unpaired) electrons. The van der Waals surface area contributed by atoms with Gasteiger partial charge in [-0.3, -0.25) is 4.99 Å². The lowest BCUT2D eigenvalue weighted by Gasteiger charge is -2.21. The van der Waals surface area contributed by atoms with Gasteiger partial charge in [0.15, 0.2) is 27.3 Å². The topological polar surface area (TPSA) is 89.0 Å². The van der Waals surface area contributed by atoms with Crippen molar-refractivity contribution in [1.29, 1.82) is 0 Å². The van der Waals surface area contributed by atoms with Crippen LogP contribution in [0.25, 0.3) is 0 Å². The summed E-state index contributed by atoms with van der Waals surface area (Å²) in [7, 11) is -1.75. The number of guanidine groups is 1. The molecule has 0 aliphatic carbocycles. The molecule has 8 heteroatoms. The van der Waals surface area contributed by atoms with Crippen LogP contribution in [0.3, 0.4) is 0 Å². The van der Waals surface area contributed by atoms with Crippen LogP contribution in [0.4, 0.5) is 5.69 Å². The number of hydrogen-bond donors (Lipinski definition) is 2. The van der Waals surface area contributed by atoms with E-state index in [9.17, 15) is 8.42 Å². The van der Waals surface area contributed by atoms with Crippen LogP contribution < -0.4 is 20.1 Å². The zero-order valence-electron chi connectivity index (χ0n) is 16.7. The molecule has 1 unspecified atom stereocenters. The number of fused-ring (bicyclic) bond motifs is 1. The van der Waals surface area contributed by atoms with Gasteiger partial charge in [0.05, 0.1) is 23.9 Å². The van der Waals surface area contributed by atoms with E-state index in [4.69, 9.17) is 9.47 Å². The number of sulfone groups is 1. The Balaban J connectivity index is 1.68. The summed E-state index contributed by atoms with van der Waals surface area (Å²) >= 11 is 0. The third kappa shape index (κ3) is 5.63. The molecular weight excluding hydrogens is 390 g/mol. The molecule has 29 heavy (non-hydrogen) atoms. The first-order valence-electron chi connectivity index (χ1n) is 9.69. The van der Waals surface area contributed by atoms with Gasteiger partial charge in [0.25, 0.3) is 0 Å². The van der Waals surface area contributed by atoms with Crippen LogP contribution in [0.1, 0.15) is 19.8 Å². The molecule has 7 nitrogen and oxygen atoms in total. The molecule has 2 aromatic carbocycles. The number of hydrogen-bond acceptors (Lipinski definition) is 5.